The standard InChI is InChI=1S/C25H28N2O5S/c1-3-31-22-15-13-21(14-16-22)27(33(29,30)23-10-5-4-6-11-23)19-25(28)26-17-18-32-24-12-8-7-9-20(24)2/h4-16H,3,17-19H2,1-2H3,(H,26,28). The number of aryl methyl sites for hydroxylation is 1. The lowest BCUT2D eigenvalue weighted by molar-refractivity contribution is -0.119. The molecule has 0 spiro atoms. The lowest BCUT2D eigenvalue weighted by Crippen LogP contribution is -2.41. The molecule has 0 atom stereocenters. The molecule has 0 aliphatic rings. The maximum absolute atomic E-state index is 13.3. The molecule has 0 aliphatic carbocycles. The summed E-state index contributed by atoms with van der Waals surface area (Å²) < 4.78 is 38.9. The van der Waals surface area contributed by atoms with Gasteiger partial charge in [-0.15, -0.1) is 0 Å². The number of benzene rings is 3. The lowest BCUT2D eigenvalue weighted by Gasteiger charge is -2.24. The van der Waals surface area contributed by atoms with Crippen molar-refractivity contribution in [1.29, 1.82) is 0 Å². The van der Waals surface area contributed by atoms with E-state index in [4.69, 9.17) is 9.47 Å². The van der Waals surface area contributed by atoms with Crippen LogP contribution in [-0.2, 0) is 14.8 Å². The van der Waals surface area contributed by atoms with E-state index in [2.05, 4.69) is 5.32 Å². The maximum atomic E-state index is 13.3. The molecule has 0 fully saturated rings. The first-order valence-electron chi connectivity index (χ1n) is 10.7. The first kappa shape index (κ1) is 24.1. The van der Waals surface area contributed by atoms with Crippen LogP contribution in [0.15, 0.2) is 83.8 Å². The second kappa shape index (κ2) is 11.4. The van der Waals surface area contributed by atoms with Gasteiger partial charge in [-0.1, -0.05) is 36.4 Å². The zero-order chi connectivity index (χ0) is 23.7. The van der Waals surface area contributed by atoms with Gasteiger partial charge in [-0.3, -0.25) is 9.10 Å². The summed E-state index contributed by atoms with van der Waals surface area (Å²) >= 11 is 0. The van der Waals surface area contributed by atoms with Gasteiger partial charge in [-0.2, -0.15) is 0 Å². The van der Waals surface area contributed by atoms with Gasteiger partial charge in [-0.25, -0.2) is 8.42 Å². The van der Waals surface area contributed by atoms with Crippen molar-refractivity contribution in [3.8, 4) is 11.5 Å². The van der Waals surface area contributed by atoms with Crippen LogP contribution < -0.4 is 19.1 Å². The Bertz CT molecular complexity index is 1150. The third kappa shape index (κ3) is 6.49. The summed E-state index contributed by atoms with van der Waals surface area (Å²) in [5.74, 6) is 0.933. The van der Waals surface area contributed by atoms with E-state index in [1.165, 1.54) is 12.1 Å². The number of hydrogen-bond donors (Lipinski definition) is 1. The van der Waals surface area contributed by atoms with Crippen molar-refractivity contribution in [3.05, 3.63) is 84.4 Å². The molecule has 174 valence electrons. The number of carbonyl (C=O) groups excluding carboxylic acids is 1. The maximum Gasteiger partial charge on any atom is 0.264 e. The zero-order valence-corrected chi connectivity index (χ0v) is 19.5. The van der Waals surface area contributed by atoms with Crippen LogP contribution in [0.5, 0.6) is 11.5 Å². The molecule has 0 radical (unpaired) electrons. The van der Waals surface area contributed by atoms with E-state index in [-0.39, 0.29) is 24.6 Å². The summed E-state index contributed by atoms with van der Waals surface area (Å²) in [6, 6.07) is 22.3. The molecule has 0 aliphatic heterocycles. The molecule has 0 bridgehead atoms. The molecular weight excluding hydrogens is 440 g/mol. The number of para-hydroxylation sites is 1. The van der Waals surface area contributed by atoms with Gasteiger partial charge in [0, 0.05) is 0 Å². The first-order chi connectivity index (χ1) is 15.9. The number of amides is 1. The molecule has 0 unspecified atom stereocenters. The van der Waals surface area contributed by atoms with Crippen LogP contribution in [0.2, 0.25) is 0 Å². The van der Waals surface area contributed by atoms with Crippen LogP contribution in [-0.4, -0.2) is 40.6 Å². The van der Waals surface area contributed by atoms with E-state index in [1.807, 2.05) is 38.1 Å². The molecule has 33 heavy (non-hydrogen) atoms. The Morgan fingerprint density at radius 1 is 0.909 bits per heavy atom. The van der Waals surface area contributed by atoms with E-state index in [1.54, 1.807) is 42.5 Å². The molecule has 3 rings (SSSR count). The fraction of sp³-hybridized carbons (Fsp3) is 0.240. The summed E-state index contributed by atoms with van der Waals surface area (Å²) in [6.07, 6.45) is 0. The van der Waals surface area contributed by atoms with Crippen LogP contribution in [0.1, 0.15) is 12.5 Å². The monoisotopic (exact) mass is 468 g/mol. The average molecular weight is 469 g/mol. The van der Waals surface area contributed by atoms with E-state index in [9.17, 15) is 13.2 Å². The number of hydrogen-bond acceptors (Lipinski definition) is 5. The molecule has 0 aromatic heterocycles. The third-order valence-corrected chi connectivity index (χ3v) is 6.62. The molecule has 1 N–H and O–H groups in total. The number of rotatable bonds is 11. The van der Waals surface area contributed by atoms with E-state index >= 15 is 0 Å². The van der Waals surface area contributed by atoms with Crippen LogP contribution in [0.3, 0.4) is 0 Å². The fourth-order valence-electron chi connectivity index (χ4n) is 3.17. The van der Waals surface area contributed by atoms with E-state index < -0.39 is 15.9 Å². The number of nitrogens with one attached hydrogen (secondary N) is 1. The highest BCUT2D eigenvalue weighted by molar-refractivity contribution is 7.92. The van der Waals surface area contributed by atoms with Crippen LogP contribution in [0.4, 0.5) is 5.69 Å². The Balaban J connectivity index is 1.71. The molecule has 1 amide bonds. The highest BCUT2D eigenvalue weighted by Gasteiger charge is 2.27. The van der Waals surface area contributed by atoms with Crippen molar-refractivity contribution < 1.29 is 22.7 Å². The van der Waals surface area contributed by atoms with Gasteiger partial charge in [0.1, 0.15) is 24.7 Å². The van der Waals surface area contributed by atoms with Crippen LogP contribution in [0, 0.1) is 6.92 Å². The number of anilines is 1. The molecular formula is C25H28N2O5S. The highest BCUT2D eigenvalue weighted by Crippen LogP contribution is 2.25. The summed E-state index contributed by atoms with van der Waals surface area (Å²) in [6.45, 7) is 4.46. The van der Waals surface area contributed by atoms with Gasteiger partial charge >= 0.3 is 0 Å². The third-order valence-electron chi connectivity index (χ3n) is 4.83. The highest BCUT2D eigenvalue weighted by atomic mass is 32.2. The van der Waals surface area contributed by atoms with Crippen molar-refractivity contribution in [2.45, 2.75) is 18.7 Å². The van der Waals surface area contributed by atoms with Crippen molar-refractivity contribution in [2.75, 3.05) is 30.6 Å². The minimum absolute atomic E-state index is 0.106. The van der Waals surface area contributed by atoms with Crippen LogP contribution in [0.25, 0.3) is 0 Å². The van der Waals surface area contributed by atoms with Crippen LogP contribution >= 0.6 is 0 Å². The van der Waals surface area contributed by atoms with Crippen molar-refractivity contribution in [1.82, 2.24) is 5.32 Å². The Kier molecular flexibility index (Phi) is 8.32. The predicted octanol–water partition coefficient (Wildman–Crippen LogP) is 3.78. The van der Waals surface area contributed by atoms with E-state index in [0.29, 0.717) is 18.0 Å². The Morgan fingerprint density at radius 2 is 1.58 bits per heavy atom. The van der Waals surface area contributed by atoms with Gasteiger partial charge in [0.25, 0.3) is 10.0 Å². The van der Waals surface area contributed by atoms with Gasteiger partial charge < -0.3 is 14.8 Å². The zero-order valence-electron chi connectivity index (χ0n) is 18.7. The van der Waals surface area contributed by atoms with E-state index in [0.717, 1.165) is 15.6 Å². The molecule has 0 heterocycles. The average Bonchev–Trinajstić information content (AvgIpc) is 2.83. The Hall–Kier alpha value is -3.52. The molecule has 0 saturated heterocycles. The summed E-state index contributed by atoms with van der Waals surface area (Å²) in [7, 11) is -3.95. The lowest BCUT2D eigenvalue weighted by atomic mass is 10.2. The largest absolute Gasteiger partial charge is 0.494 e. The molecule has 8 heteroatoms. The van der Waals surface area contributed by atoms with Crippen molar-refractivity contribution in [2.24, 2.45) is 0 Å². The smallest absolute Gasteiger partial charge is 0.264 e. The van der Waals surface area contributed by atoms with Gasteiger partial charge in [0.15, 0.2) is 0 Å². The molecule has 3 aromatic rings. The number of ether oxygens (including phenoxy) is 2. The predicted molar refractivity (Wildman–Crippen MR) is 128 cm³/mol. The minimum Gasteiger partial charge on any atom is -0.494 e. The summed E-state index contributed by atoms with van der Waals surface area (Å²) in [5, 5.41) is 2.73. The minimum atomic E-state index is -3.95. The normalized spacial score (nSPS) is 11.0. The van der Waals surface area contributed by atoms with Gasteiger partial charge in [0.2, 0.25) is 5.91 Å². The van der Waals surface area contributed by atoms with Gasteiger partial charge in [0.05, 0.1) is 23.7 Å². The Morgan fingerprint density at radius 3 is 2.24 bits per heavy atom. The van der Waals surface area contributed by atoms with Gasteiger partial charge in [-0.05, 0) is 61.9 Å². The topological polar surface area (TPSA) is 84.9 Å². The number of nitrogens with zero attached hydrogens (tertiary/aromatic N) is 1. The van der Waals surface area contributed by atoms with Crippen molar-refractivity contribution in [3.63, 3.8) is 0 Å². The molecule has 7 nitrogen and oxygen atoms in total. The Labute approximate surface area is 195 Å². The number of carbonyl (C=O) groups is 1. The number of sulfonamides is 1. The SMILES string of the molecule is CCOc1ccc(N(CC(=O)NCCOc2ccccc2C)S(=O)(=O)c2ccccc2)cc1. The second-order valence-electron chi connectivity index (χ2n) is 7.22. The second-order valence-corrected chi connectivity index (χ2v) is 9.08. The first-order valence-corrected chi connectivity index (χ1v) is 12.1. The fourth-order valence-corrected chi connectivity index (χ4v) is 4.61. The summed E-state index contributed by atoms with van der Waals surface area (Å²) in [4.78, 5) is 12.8. The quantitative estimate of drug-likeness (QED) is 0.433. The molecule has 3 aromatic carbocycles. The summed E-state index contributed by atoms with van der Waals surface area (Å²) in [5.41, 5.74) is 1.37. The van der Waals surface area contributed by atoms with Crippen molar-refractivity contribution >= 4 is 21.6 Å². The molecule has 0 saturated carbocycles.